The lowest BCUT2D eigenvalue weighted by atomic mass is 10.1. The Morgan fingerprint density at radius 2 is 2.06 bits per heavy atom. The first-order valence-corrected chi connectivity index (χ1v) is 11.0. The molecule has 0 bridgehead atoms. The van der Waals surface area contributed by atoms with Crippen LogP contribution in [0.2, 0.25) is 0 Å². The largest absolute Gasteiger partial charge is 0.457 e. The van der Waals surface area contributed by atoms with E-state index in [9.17, 15) is 9.18 Å². The second-order valence-electron chi connectivity index (χ2n) is 8.07. The zero-order valence-corrected chi connectivity index (χ0v) is 18.8. The van der Waals surface area contributed by atoms with Gasteiger partial charge in [-0.25, -0.2) is 9.37 Å². The molecule has 3 heterocycles. The van der Waals surface area contributed by atoms with Gasteiger partial charge in [-0.15, -0.1) is 0 Å². The minimum absolute atomic E-state index is 0. The summed E-state index contributed by atoms with van der Waals surface area (Å²) in [7, 11) is 3.45. The molecule has 1 fully saturated rings. The summed E-state index contributed by atoms with van der Waals surface area (Å²) in [5, 5.41) is 5.83. The number of nitrogens with zero attached hydrogens (tertiary/aromatic N) is 3. The summed E-state index contributed by atoms with van der Waals surface area (Å²) >= 11 is 0. The van der Waals surface area contributed by atoms with E-state index < -0.39 is 0 Å². The van der Waals surface area contributed by atoms with E-state index in [-0.39, 0.29) is 26.4 Å². The molecule has 178 valence electrons. The minimum Gasteiger partial charge on any atom is -0.457 e. The van der Waals surface area contributed by atoms with Gasteiger partial charge in [0.1, 0.15) is 23.0 Å². The summed E-state index contributed by atoms with van der Waals surface area (Å²) in [5.74, 6) is 1.14. The number of carbonyl (C=O) groups excluding carboxylic acids is 1. The van der Waals surface area contributed by atoms with Crippen LogP contribution in [0.4, 0.5) is 16.0 Å². The number of aromatic nitrogens is 3. The Hall–Kier alpha value is -3.98. The molecule has 8 nitrogen and oxygen atoms in total. The van der Waals surface area contributed by atoms with Crippen molar-refractivity contribution in [2.75, 3.05) is 19.0 Å². The molecule has 5 rings (SSSR count). The number of hydrogen-bond acceptors (Lipinski definition) is 6. The molecule has 2 aromatic carbocycles. The van der Waals surface area contributed by atoms with Crippen LogP contribution >= 0.6 is 0 Å². The molecule has 4 aromatic rings. The summed E-state index contributed by atoms with van der Waals surface area (Å²) < 4.78 is 27.9. The van der Waals surface area contributed by atoms with E-state index >= 15 is 0 Å². The lowest BCUT2D eigenvalue weighted by Gasteiger charge is -2.13. The van der Waals surface area contributed by atoms with Gasteiger partial charge in [0.15, 0.2) is 0 Å². The highest BCUT2D eigenvalue weighted by molar-refractivity contribution is 5.92. The number of aryl methyl sites for hydroxylation is 1. The van der Waals surface area contributed by atoms with E-state index in [1.165, 1.54) is 12.3 Å². The van der Waals surface area contributed by atoms with Crippen molar-refractivity contribution >= 4 is 28.6 Å². The third kappa shape index (κ3) is 4.29. The maximum atomic E-state index is 14.4. The van der Waals surface area contributed by atoms with Crippen LogP contribution in [0.3, 0.4) is 0 Å². The van der Waals surface area contributed by atoms with Crippen LogP contribution in [-0.2, 0) is 11.8 Å². The minimum atomic E-state index is -0.287. The van der Waals surface area contributed by atoms with Crippen molar-refractivity contribution in [2.24, 2.45) is 7.05 Å². The van der Waals surface area contributed by atoms with Crippen LogP contribution < -0.4 is 15.4 Å². The number of halogens is 1. The lowest BCUT2D eigenvalue weighted by Crippen LogP contribution is -2.18. The number of imidazole rings is 1. The van der Waals surface area contributed by atoms with Gasteiger partial charge in [0.2, 0.25) is 5.95 Å². The predicted molar refractivity (Wildman–Crippen MR) is 130 cm³/mol. The van der Waals surface area contributed by atoms with Gasteiger partial charge in [-0.2, -0.15) is 0 Å². The molecule has 1 aliphatic heterocycles. The monoisotopic (exact) mass is 465 g/mol. The molecule has 34 heavy (non-hydrogen) atoms. The van der Waals surface area contributed by atoms with Crippen LogP contribution in [0.15, 0.2) is 54.7 Å². The average molecular weight is 466 g/mol. The van der Waals surface area contributed by atoms with Crippen molar-refractivity contribution in [3.63, 3.8) is 0 Å². The zero-order chi connectivity index (χ0) is 23.7. The van der Waals surface area contributed by atoms with Gasteiger partial charge in [0, 0.05) is 53.1 Å². The molecular weight excluding hydrogens is 437 g/mol. The molecule has 2 N–H and O–H groups in total. The second-order valence-corrected chi connectivity index (χ2v) is 8.07. The van der Waals surface area contributed by atoms with Gasteiger partial charge in [-0.3, -0.25) is 9.78 Å². The van der Waals surface area contributed by atoms with Crippen LogP contribution in [0.1, 0.15) is 37.9 Å². The standard InChI is InChI=1S/C25H24FN5O3.2H2/c1-27-24(32)21-14-17(9-10-28-21)34-16-6-8-22-20(13-16)30-25(31(22)2)29-15-5-7-19(26)18(12-15)23-4-3-11-33-23;;/h5-10,12-14,23H,3-4,11H2,1-2H3,(H,27,32)(H,29,30);2*1H. The molecule has 2 aromatic heterocycles. The summed E-state index contributed by atoms with van der Waals surface area (Å²) in [6.45, 7) is 0.656. The third-order valence-electron chi connectivity index (χ3n) is 5.81. The van der Waals surface area contributed by atoms with Crippen LogP contribution in [0, 0.1) is 5.82 Å². The maximum Gasteiger partial charge on any atom is 0.269 e. The molecule has 0 spiro atoms. The van der Waals surface area contributed by atoms with Crippen molar-refractivity contribution in [1.82, 2.24) is 19.9 Å². The molecule has 0 saturated carbocycles. The molecule has 1 amide bonds. The summed E-state index contributed by atoms with van der Waals surface area (Å²) in [5.41, 5.74) is 3.19. The van der Waals surface area contributed by atoms with Crippen LogP contribution in [0.5, 0.6) is 11.5 Å². The summed E-state index contributed by atoms with van der Waals surface area (Å²) in [4.78, 5) is 20.6. The second kappa shape index (κ2) is 9.11. The first-order valence-electron chi connectivity index (χ1n) is 11.0. The number of pyridine rings is 1. The molecule has 1 atom stereocenters. The maximum absolute atomic E-state index is 14.4. The fourth-order valence-corrected chi connectivity index (χ4v) is 4.04. The van der Waals surface area contributed by atoms with Crippen molar-refractivity contribution in [3.05, 3.63) is 71.8 Å². The molecule has 9 heteroatoms. The van der Waals surface area contributed by atoms with E-state index in [2.05, 4.69) is 20.6 Å². The number of anilines is 2. The van der Waals surface area contributed by atoms with E-state index in [1.807, 2.05) is 29.8 Å². The van der Waals surface area contributed by atoms with Crippen molar-refractivity contribution in [2.45, 2.75) is 18.9 Å². The Morgan fingerprint density at radius 1 is 1.21 bits per heavy atom. The lowest BCUT2D eigenvalue weighted by molar-refractivity contribution is 0.0957. The van der Waals surface area contributed by atoms with E-state index in [1.54, 1.807) is 31.3 Å². The normalized spacial score (nSPS) is 15.4. The Bertz CT molecular complexity index is 1380. The Morgan fingerprint density at radius 3 is 2.85 bits per heavy atom. The number of nitrogens with one attached hydrogen (secondary N) is 2. The highest BCUT2D eigenvalue weighted by atomic mass is 19.1. The number of ether oxygens (including phenoxy) is 2. The smallest absolute Gasteiger partial charge is 0.269 e. The first kappa shape index (κ1) is 21.8. The van der Waals surface area contributed by atoms with E-state index in [4.69, 9.17) is 9.47 Å². The fraction of sp³-hybridized carbons (Fsp3) is 0.240. The average Bonchev–Trinajstić information content (AvgIpc) is 3.48. The number of fused-ring (bicyclic) bond motifs is 1. The molecule has 0 radical (unpaired) electrons. The first-order chi connectivity index (χ1) is 16.5. The van der Waals surface area contributed by atoms with Gasteiger partial charge in [-0.1, -0.05) is 0 Å². The molecular formula is C25H28FN5O3. The quantitative estimate of drug-likeness (QED) is 0.399. The van der Waals surface area contributed by atoms with E-state index in [0.717, 1.165) is 29.6 Å². The number of rotatable bonds is 6. The molecule has 1 unspecified atom stereocenters. The molecule has 1 saturated heterocycles. The highest BCUT2D eigenvalue weighted by Gasteiger charge is 2.21. The SMILES string of the molecule is CNC(=O)c1cc(Oc2ccc3c(c2)nc(Nc2ccc(F)c(C4CCCO4)c2)n3C)ccn1.[HH].[HH]. The van der Waals surface area contributed by atoms with Gasteiger partial charge in [0.05, 0.1) is 17.1 Å². The fourth-order valence-electron chi connectivity index (χ4n) is 4.04. The summed E-state index contributed by atoms with van der Waals surface area (Å²) in [6, 6.07) is 13.8. The number of carbonyl (C=O) groups is 1. The topological polar surface area (TPSA) is 90.3 Å². The van der Waals surface area contributed by atoms with Gasteiger partial charge < -0.3 is 24.7 Å². The number of benzene rings is 2. The highest BCUT2D eigenvalue weighted by Crippen LogP contribution is 2.33. The van der Waals surface area contributed by atoms with Gasteiger partial charge in [-0.05, 0) is 49.2 Å². The van der Waals surface area contributed by atoms with Gasteiger partial charge >= 0.3 is 0 Å². The van der Waals surface area contributed by atoms with E-state index in [0.29, 0.717) is 29.6 Å². The summed E-state index contributed by atoms with van der Waals surface area (Å²) in [6.07, 6.45) is 3.06. The molecule has 1 aliphatic rings. The van der Waals surface area contributed by atoms with Gasteiger partial charge in [0.25, 0.3) is 5.91 Å². The van der Waals surface area contributed by atoms with Crippen LogP contribution in [0.25, 0.3) is 11.0 Å². The zero-order valence-electron chi connectivity index (χ0n) is 18.8. The van der Waals surface area contributed by atoms with Crippen molar-refractivity contribution < 1.29 is 21.5 Å². The third-order valence-corrected chi connectivity index (χ3v) is 5.81. The van der Waals surface area contributed by atoms with Crippen molar-refractivity contribution in [3.8, 4) is 11.5 Å². The number of hydrogen-bond donors (Lipinski definition) is 2. The Labute approximate surface area is 198 Å². The molecule has 0 aliphatic carbocycles. The predicted octanol–water partition coefficient (Wildman–Crippen LogP) is 5.35. The van der Waals surface area contributed by atoms with Crippen LogP contribution in [-0.4, -0.2) is 34.1 Å². The number of amides is 1. The Balaban J connectivity index is 0.00000180. The Kier molecular flexibility index (Phi) is 5.85. The van der Waals surface area contributed by atoms with Crippen molar-refractivity contribution in [1.29, 1.82) is 0 Å².